The summed E-state index contributed by atoms with van der Waals surface area (Å²) < 4.78 is 0. The van der Waals surface area contributed by atoms with Gasteiger partial charge < -0.3 is 10.6 Å². The van der Waals surface area contributed by atoms with Crippen molar-refractivity contribution in [2.24, 2.45) is 11.7 Å². The second-order valence-electron chi connectivity index (χ2n) is 4.90. The molecule has 0 aromatic heterocycles. The van der Waals surface area contributed by atoms with Crippen molar-refractivity contribution in [3.63, 3.8) is 0 Å². The van der Waals surface area contributed by atoms with Gasteiger partial charge in [-0.2, -0.15) is 0 Å². The zero-order valence-corrected chi connectivity index (χ0v) is 10.6. The minimum Gasteiger partial charge on any atom is -0.371 e. The van der Waals surface area contributed by atoms with Crippen LogP contribution in [0.1, 0.15) is 24.0 Å². The molecule has 1 aromatic rings. The van der Waals surface area contributed by atoms with Gasteiger partial charge in [-0.25, -0.2) is 0 Å². The fourth-order valence-corrected chi connectivity index (χ4v) is 2.69. The Labute approximate surface area is 103 Å². The van der Waals surface area contributed by atoms with Crippen LogP contribution in [-0.4, -0.2) is 19.0 Å². The normalized spacial score (nSPS) is 17.2. The molecule has 0 bridgehead atoms. The maximum atomic E-state index is 11.1. The van der Waals surface area contributed by atoms with Gasteiger partial charge in [-0.1, -0.05) is 18.2 Å². The average molecular weight is 232 g/mol. The highest BCUT2D eigenvalue weighted by molar-refractivity contribution is 5.77. The SMILES string of the molecule is Cc1cccc(C)c1N1CCC(C(N)=O)CC1. The molecule has 1 fully saturated rings. The number of anilines is 1. The van der Waals surface area contributed by atoms with Crippen LogP contribution in [0.3, 0.4) is 0 Å². The van der Waals surface area contributed by atoms with E-state index in [0.717, 1.165) is 25.9 Å². The van der Waals surface area contributed by atoms with Crippen molar-refractivity contribution >= 4 is 11.6 Å². The van der Waals surface area contributed by atoms with Crippen LogP contribution in [0, 0.1) is 19.8 Å². The molecule has 1 aliphatic rings. The summed E-state index contributed by atoms with van der Waals surface area (Å²) in [4.78, 5) is 13.5. The molecule has 0 atom stereocenters. The Bertz CT molecular complexity index is 400. The van der Waals surface area contributed by atoms with Gasteiger partial charge >= 0.3 is 0 Å². The van der Waals surface area contributed by atoms with Gasteiger partial charge in [-0.15, -0.1) is 0 Å². The monoisotopic (exact) mass is 232 g/mol. The van der Waals surface area contributed by atoms with Crippen molar-refractivity contribution in [2.75, 3.05) is 18.0 Å². The van der Waals surface area contributed by atoms with Crippen LogP contribution in [0.15, 0.2) is 18.2 Å². The number of piperidine rings is 1. The minimum atomic E-state index is -0.147. The number of amides is 1. The summed E-state index contributed by atoms with van der Waals surface area (Å²) in [6, 6.07) is 6.37. The molecule has 0 radical (unpaired) electrons. The summed E-state index contributed by atoms with van der Waals surface area (Å²) in [6.07, 6.45) is 1.76. The topological polar surface area (TPSA) is 46.3 Å². The van der Waals surface area contributed by atoms with Crippen LogP contribution in [0.2, 0.25) is 0 Å². The Morgan fingerprint density at radius 1 is 1.24 bits per heavy atom. The largest absolute Gasteiger partial charge is 0.371 e. The van der Waals surface area contributed by atoms with Crippen LogP contribution in [-0.2, 0) is 4.79 Å². The highest BCUT2D eigenvalue weighted by Crippen LogP contribution is 2.28. The number of aryl methyl sites for hydroxylation is 2. The molecule has 1 heterocycles. The molecule has 2 rings (SSSR count). The minimum absolute atomic E-state index is 0.0653. The fraction of sp³-hybridized carbons (Fsp3) is 0.500. The molecular formula is C14H20N2O. The summed E-state index contributed by atoms with van der Waals surface area (Å²) >= 11 is 0. The molecule has 1 aromatic carbocycles. The molecule has 0 spiro atoms. The summed E-state index contributed by atoms with van der Waals surface area (Å²) in [5, 5.41) is 0. The number of carbonyl (C=O) groups excluding carboxylic acids is 1. The smallest absolute Gasteiger partial charge is 0.220 e. The van der Waals surface area contributed by atoms with E-state index in [0.29, 0.717) is 0 Å². The van der Waals surface area contributed by atoms with E-state index in [1.54, 1.807) is 0 Å². The molecule has 1 saturated heterocycles. The maximum absolute atomic E-state index is 11.1. The highest BCUT2D eigenvalue weighted by Gasteiger charge is 2.24. The van der Waals surface area contributed by atoms with E-state index >= 15 is 0 Å². The van der Waals surface area contributed by atoms with Gasteiger partial charge in [0.1, 0.15) is 0 Å². The molecule has 0 unspecified atom stereocenters. The van der Waals surface area contributed by atoms with Crippen molar-refractivity contribution in [3.05, 3.63) is 29.3 Å². The molecule has 2 N–H and O–H groups in total. The number of nitrogens with two attached hydrogens (primary N) is 1. The second kappa shape index (κ2) is 4.78. The van der Waals surface area contributed by atoms with E-state index < -0.39 is 0 Å². The van der Waals surface area contributed by atoms with Crippen molar-refractivity contribution in [1.82, 2.24) is 0 Å². The number of carbonyl (C=O) groups is 1. The van der Waals surface area contributed by atoms with Crippen LogP contribution in [0.5, 0.6) is 0 Å². The van der Waals surface area contributed by atoms with Gasteiger partial charge in [-0.05, 0) is 37.8 Å². The first-order chi connectivity index (χ1) is 8.09. The average Bonchev–Trinajstić information content (AvgIpc) is 2.29. The van der Waals surface area contributed by atoms with Gasteiger partial charge in [0.15, 0.2) is 0 Å². The van der Waals surface area contributed by atoms with Crippen LogP contribution in [0.25, 0.3) is 0 Å². The fourth-order valence-electron chi connectivity index (χ4n) is 2.69. The number of benzene rings is 1. The first-order valence-electron chi connectivity index (χ1n) is 6.20. The zero-order valence-electron chi connectivity index (χ0n) is 10.6. The maximum Gasteiger partial charge on any atom is 0.220 e. The number of hydrogen-bond acceptors (Lipinski definition) is 2. The molecule has 3 nitrogen and oxygen atoms in total. The van der Waals surface area contributed by atoms with Crippen LogP contribution < -0.4 is 10.6 Å². The van der Waals surface area contributed by atoms with E-state index in [1.807, 2.05) is 0 Å². The van der Waals surface area contributed by atoms with Crippen molar-refractivity contribution in [1.29, 1.82) is 0 Å². The predicted molar refractivity (Wildman–Crippen MR) is 70.0 cm³/mol. The number of para-hydroxylation sites is 1. The van der Waals surface area contributed by atoms with E-state index in [-0.39, 0.29) is 11.8 Å². The Morgan fingerprint density at radius 2 is 1.76 bits per heavy atom. The van der Waals surface area contributed by atoms with Gasteiger partial charge in [-0.3, -0.25) is 4.79 Å². The molecule has 1 aliphatic heterocycles. The summed E-state index contributed by atoms with van der Waals surface area (Å²) in [5.74, 6) is -0.0817. The van der Waals surface area contributed by atoms with Crippen molar-refractivity contribution < 1.29 is 4.79 Å². The molecule has 3 heteroatoms. The number of rotatable bonds is 2. The van der Waals surface area contributed by atoms with E-state index in [2.05, 4.69) is 36.9 Å². The van der Waals surface area contributed by atoms with Gasteiger partial charge in [0.05, 0.1) is 0 Å². The van der Waals surface area contributed by atoms with E-state index in [9.17, 15) is 4.79 Å². The Hall–Kier alpha value is -1.51. The zero-order chi connectivity index (χ0) is 12.4. The van der Waals surface area contributed by atoms with Gasteiger partial charge in [0.2, 0.25) is 5.91 Å². The van der Waals surface area contributed by atoms with Crippen LogP contribution >= 0.6 is 0 Å². The predicted octanol–water partition coefficient (Wildman–Crippen LogP) is 2.01. The van der Waals surface area contributed by atoms with Gasteiger partial charge in [0, 0.05) is 24.7 Å². The number of nitrogens with zero attached hydrogens (tertiary/aromatic N) is 1. The molecule has 92 valence electrons. The second-order valence-corrected chi connectivity index (χ2v) is 4.90. The molecule has 17 heavy (non-hydrogen) atoms. The number of hydrogen-bond donors (Lipinski definition) is 1. The third-order valence-corrected chi connectivity index (χ3v) is 3.65. The molecule has 0 saturated carbocycles. The Balaban J connectivity index is 2.13. The summed E-state index contributed by atoms with van der Waals surface area (Å²) in [7, 11) is 0. The van der Waals surface area contributed by atoms with Gasteiger partial charge in [0.25, 0.3) is 0 Å². The quantitative estimate of drug-likeness (QED) is 0.847. The third-order valence-electron chi connectivity index (χ3n) is 3.65. The summed E-state index contributed by atoms with van der Waals surface area (Å²) in [6.45, 7) is 6.14. The first-order valence-corrected chi connectivity index (χ1v) is 6.20. The molecular weight excluding hydrogens is 212 g/mol. The molecule has 1 amide bonds. The highest BCUT2D eigenvalue weighted by atomic mass is 16.1. The lowest BCUT2D eigenvalue weighted by Crippen LogP contribution is -2.39. The van der Waals surface area contributed by atoms with E-state index in [4.69, 9.17) is 5.73 Å². The third kappa shape index (κ3) is 2.43. The molecule has 0 aliphatic carbocycles. The number of primary amides is 1. The Morgan fingerprint density at radius 3 is 2.24 bits per heavy atom. The lowest BCUT2D eigenvalue weighted by Gasteiger charge is -2.34. The lowest BCUT2D eigenvalue weighted by molar-refractivity contribution is -0.122. The van der Waals surface area contributed by atoms with Crippen LogP contribution in [0.4, 0.5) is 5.69 Å². The Kier molecular flexibility index (Phi) is 3.36. The van der Waals surface area contributed by atoms with Crippen molar-refractivity contribution in [3.8, 4) is 0 Å². The summed E-state index contributed by atoms with van der Waals surface area (Å²) in [5.41, 5.74) is 9.30. The van der Waals surface area contributed by atoms with Crippen molar-refractivity contribution in [2.45, 2.75) is 26.7 Å². The lowest BCUT2D eigenvalue weighted by atomic mass is 9.95. The first kappa shape index (κ1) is 12.0. The standard InChI is InChI=1S/C14H20N2O/c1-10-4-3-5-11(2)13(10)16-8-6-12(7-9-16)14(15)17/h3-5,12H,6-9H2,1-2H3,(H2,15,17). The van der Waals surface area contributed by atoms with E-state index in [1.165, 1.54) is 16.8 Å².